The molecular formula is C32H36N2O5. The highest BCUT2D eigenvalue weighted by atomic mass is 16.3. The second-order valence-corrected chi connectivity index (χ2v) is 11.5. The van der Waals surface area contributed by atoms with E-state index < -0.39 is 46.6 Å². The molecule has 2 aromatic rings. The molecule has 1 spiro atoms. The molecule has 204 valence electrons. The van der Waals surface area contributed by atoms with Crippen LogP contribution in [0.2, 0.25) is 0 Å². The second-order valence-electron chi connectivity index (χ2n) is 11.5. The van der Waals surface area contributed by atoms with Gasteiger partial charge in [0.25, 0.3) is 0 Å². The lowest BCUT2D eigenvalue weighted by Gasteiger charge is -2.46. The maximum absolute atomic E-state index is 14.2. The first-order valence-electron chi connectivity index (χ1n) is 13.7. The lowest BCUT2D eigenvalue weighted by molar-refractivity contribution is -0.148. The van der Waals surface area contributed by atoms with Crippen LogP contribution in [0.15, 0.2) is 65.4 Å². The molecule has 0 saturated carbocycles. The van der Waals surface area contributed by atoms with Gasteiger partial charge in [-0.2, -0.15) is 0 Å². The number of rotatable bonds is 2. The first-order valence-corrected chi connectivity index (χ1v) is 13.7. The Morgan fingerprint density at radius 3 is 2.54 bits per heavy atom. The molecule has 1 aromatic carbocycles. The standard InChI is InChI=1S/C32H36N2O5/c1-17-8-7-10-23-30(38)20(4)19(3)28-25(15-21-16-33-24-11-6-5-9-22(21)24)34-31(39)32(23,28)27(36)13-12-26(35)29(37)18(2)14-17/h5-7,9-11,14,16-17,23,25,28,30,33,38H,8,12-13,15H2,1-4H3,(H,34,39)/b10-7-,18-14+/t17-,23-,25-,28-,30+,32+/m0/s1. The highest BCUT2D eigenvalue weighted by Gasteiger charge is 2.66. The van der Waals surface area contributed by atoms with Crippen molar-refractivity contribution in [3.8, 4) is 0 Å². The van der Waals surface area contributed by atoms with E-state index in [0.29, 0.717) is 18.4 Å². The summed E-state index contributed by atoms with van der Waals surface area (Å²) in [7, 11) is 0. The summed E-state index contributed by atoms with van der Waals surface area (Å²) in [5.41, 5.74) is 2.41. The van der Waals surface area contributed by atoms with Crippen LogP contribution >= 0.6 is 0 Å². The third-order valence-corrected chi connectivity index (χ3v) is 9.14. The van der Waals surface area contributed by atoms with Gasteiger partial charge in [-0.1, -0.05) is 48.9 Å². The van der Waals surface area contributed by atoms with E-state index in [1.807, 2.05) is 63.4 Å². The quantitative estimate of drug-likeness (QED) is 0.307. The zero-order valence-corrected chi connectivity index (χ0v) is 22.9. The lowest BCUT2D eigenvalue weighted by atomic mass is 9.54. The molecule has 7 nitrogen and oxygen atoms in total. The number of nitrogens with one attached hydrogen (secondary N) is 2. The molecule has 7 heteroatoms. The SMILES string of the molecule is CC1=C(C)[C@H]2[C@H](Cc3c[nH]c4ccccc34)NC(=O)[C@]23C(=O)CCC(=O)C(=O)/C(C)=C/[C@@H](C)C/C=C\[C@H]3[C@@H]1O. The van der Waals surface area contributed by atoms with Crippen LogP contribution < -0.4 is 5.32 Å². The van der Waals surface area contributed by atoms with Crippen LogP contribution in [-0.2, 0) is 25.6 Å². The van der Waals surface area contributed by atoms with E-state index in [1.165, 1.54) is 0 Å². The number of allylic oxidation sites excluding steroid dienone is 3. The minimum absolute atomic E-state index is 0.0349. The number of para-hydroxylation sites is 1. The van der Waals surface area contributed by atoms with Gasteiger partial charge in [-0.15, -0.1) is 0 Å². The van der Waals surface area contributed by atoms with Crippen molar-refractivity contribution in [1.29, 1.82) is 0 Å². The van der Waals surface area contributed by atoms with Crippen LogP contribution in [0.5, 0.6) is 0 Å². The van der Waals surface area contributed by atoms with Crippen molar-refractivity contribution >= 4 is 34.2 Å². The Labute approximate surface area is 228 Å². The molecule has 3 N–H and O–H groups in total. The van der Waals surface area contributed by atoms with Crippen molar-refractivity contribution < 1.29 is 24.3 Å². The molecule has 0 radical (unpaired) electrons. The van der Waals surface area contributed by atoms with Crippen LogP contribution in [0.1, 0.15) is 52.5 Å². The number of amides is 1. The Morgan fingerprint density at radius 1 is 1.03 bits per heavy atom. The summed E-state index contributed by atoms with van der Waals surface area (Å²) < 4.78 is 0. The van der Waals surface area contributed by atoms with Crippen LogP contribution in [-0.4, -0.2) is 45.5 Å². The van der Waals surface area contributed by atoms with E-state index in [2.05, 4.69) is 10.3 Å². The average molecular weight is 529 g/mol. The third kappa shape index (κ3) is 4.33. The highest BCUT2D eigenvalue weighted by Crippen LogP contribution is 2.55. The van der Waals surface area contributed by atoms with Gasteiger partial charge in [-0.25, -0.2) is 0 Å². The van der Waals surface area contributed by atoms with E-state index in [4.69, 9.17) is 0 Å². The number of aromatic amines is 1. The fraction of sp³-hybridized carbons (Fsp3) is 0.438. The van der Waals surface area contributed by atoms with Crippen LogP contribution in [0, 0.1) is 23.2 Å². The third-order valence-electron chi connectivity index (χ3n) is 9.14. The number of aromatic nitrogens is 1. The first-order chi connectivity index (χ1) is 18.6. The zero-order chi connectivity index (χ0) is 28.1. The van der Waals surface area contributed by atoms with Gasteiger partial charge in [0.2, 0.25) is 17.5 Å². The minimum Gasteiger partial charge on any atom is -0.388 e. The summed E-state index contributed by atoms with van der Waals surface area (Å²) in [6, 6.07) is 7.57. The number of Topliss-reactive ketones (excluding diaryl/α,β-unsaturated/α-hetero) is 3. The molecule has 5 rings (SSSR count). The van der Waals surface area contributed by atoms with Crippen molar-refractivity contribution in [2.45, 2.75) is 65.5 Å². The fourth-order valence-corrected chi connectivity index (χ4v) is 7.06. The molecule has 1 amide bonds. The Balaban J connectivity index is 1.62. The van der Waals surface area contributed by atoms with E-state index in [0.717, 1.165) is 27.6 Å². The summed E-state index contributed by atoms with van der Waals surface area (Å²) in [4.78, 5) is 57.0. The van der Waals surface area contributed by atoms with Crippen molar-refractivity contribution in [2.24, 2.45) is 23.2 Å². The van der Waals surface area contributed by atoms with Crippen molar-refractivity contribution in [2.75, 3.05) is 0 Å². The number of carbonyl (C=O) groups excluding carboxylic acids is 4. The first kappa shape index (κ1) is 27.0. The van der Waals surface area contributed by atoms with Gasteiger partial charge in [-0.3, -0.25) is 19.2 Å². The number of hydrogen-bond donors (Lipinski definition) is 3. The zero-order valence-electron chi connectivity index (χ0n) is 22.9. The topological polar surface area (TPSA) is 116 Å². The van der Waals surface area contributed by atoms with Crippen LogP contribution in [0.4, 0.5) is 0 Å². The summed E-state index contributed by atoms with van der Waals surface area (Å²) >= 11 is 0. The van der Waals surface area contributed by atoms with Crippen LogP contribution in [0.25, 0.3) is 10.9 Å². The maximum Gasteiger partial charge on any atom is 0.235 e. The molecule has 1 aliphatic heterocycles. The van der Waals surface area contributed by atoms with Gasteiger partial charge >= 0.3 is 0 Å². The van der Waals surface area contributed by atoms with Crippen molar-refractivity contribution in [3.05, 3.63) is 71.0 Å². The normalized spacial score (nSPS) is 34.4. The van der Waals surface area contributed by atoms with Crippen molar-refractivity contribution in [1.82, 2.24) is 10.3 Å². The Bertz CT molecular complexity index is 1460. The molecule has 1 aromatic heterocycles. The Morgan fingerprint density at radius 2 is 1.77 bits per heavy atom. The fourth-order valence-electron chi connectivity index (χ4n) is 7.06. The number of benzene rings is 1. The maximum atomic E-state index is 14.2. The van der Waals surface area contributed by atoms with Gasteiger partial charge in [-0.05, 0) is 62.3 Å². The lowest BCUT2D eigenvalue weighted by Crippen LogP contribution is -2.55. The summed E-state index contributed by atoms with van der Waals surface area (Å²) in [5.74, 6) is -3.36. The van der Waals surface area contributed by atoms with Gasteiger partial charge < -0.3 is 15.4 Å². The Kier molecular flexibility index (Phi) is 7.06. The monoisotopic (exact) mass is 528 g/mol. The smallest absolute Gasteiger partial charge is 0.235 e. The van der Waals surface area contributed by atoms with E-state index >= 15 is 0 Å². The summed E-state index contributed by atoms with van der Waals surface area (Å²) in [6.07, 6.45) is 6.96. The van der Waals surface area contributed by atoms with Gasteiger partial charge in [0.05, 0.1) is 6.10 Å². The minimum atomic E-state index is -1.57. The molecule has 0 bridgehead atoms. The molecule has 1 saturated heterocycles. The Hall–Kier alpha value is -3.58. The molecule has 3 aliphatic rings. The van der Waals surface area contributed by atoms with Gasteiger partial charge in [0, 0.05) is 47.8 Å². The molecule has 6 atom stereocenters. The number of aliphatic hydroxyl groups is 1. The van der Waals surface area contributed by atoms with Crippen LogP contribution in [0.3, 0.4) is 0 Å². The predicted octanol–water partition coefficient (Wildman–Crippen LogP) is 4.17. The number of aliphatic hydroxyl groups excluding tert-OH is 1. The molecule has 39 heavy (non-hydrogen) atoms. The average Bonchev–Trinajstić information content (AvgIpc) is 3.45. The number of fused-ring (bicyclic) bond motifs is 1. The molecular weight excluding hydrogens is 492 g/mol. The predicted molar refractivity (Wildman–Crippen MR) is 149 cm³/mol. The number of carbonyl (C=O) groups is 4. The van der Waals surface area contributed by atoms with E-state index in [9.17, 15) is 24.3 Å². The van der Waals surface area contributed by atoms with E-state index in [-0.39, 0.29) is 24.8 Å². The number of ketones is 3. The number of H-pyrrole nitrogens is 1. The van der Waals surface area contributed by atoms with E-state index in [1.54, 1.807) is 13.0 Å². The van der Waals surface area contributed by atoms with Gasteiger partial charge in [0.1, 0.15) is 11.2 Å². The molecule has 2 heterocycles. The second kappa shape index (κ2) is 10.2. The summed E-state index contributed by atoms with van der Waals surface area (Å²) in [5, 5.41) is 15.7. The van der Waals surface area contributed by atoms with Gasteiger partial charge in [0.15, 0.2) is 0 Å². The molecule has 0 unspecified atom stereocenters. The summed E-state index contributed by atoms with van der Waals surface area (Å²) in [6.45, 7) is 7.33. The largest absolute Gasteiger partial charge is 0.388 e. The van der Waals surface area contributed by atoms with Crippen molar-refractivity contribution in [3.63, 3.8) is 0 Å². The molecule has 1 fully saturated rings. The number of hydrogen-bond acceptors (Lipinski definition) is 5. The molecule has 2 aliphatic carbocycles. The highest BCUT2D eigenvalue weighted by molar-refractivity contribution is 6.43.